The smallest absolute Gasteiger partial charge is 0.323 e. The van der Waals surface area contributed by atoms with Gasteiger partial charge in [-0.2, -0.15) is 0 Å². The first-order valence-corrected chi connectivity index (χ1v) is 6.59. The predicted octanol–water partition coefficient (Wildman–Crippen LogP) is 2.03. The highest BCUT2D eigenvalue weighted by molar-refractivity contribution is 5.82. The molecule has 0 aliphatic carbocycles. The first kappa shape index (κ1) is 12.0. The Morgan fingerprint density at radius 2 is 2.11 bits per heavy atom. The largest absolute Gasteiger partial charge is 0.480 e. The van der Waals surface area contributed by atoms with Gasteiger partial charge in [-0.1, -0.05) is 6.07 Å². The number of anilines is 1. The summed E-state index contributed by atoms with van der Waals surface area (Å²) in [4.78, 5) is 17.9. The van der Waals surface area contributed by atoms with E-state index in [9.17, 15) is 4.79 Å². The molecule has 3 rings (SSSR count). The van der Waals surface area contributed by atoms with Crippen molar-refractivity contribution in [1.29, 1.82) is 0 Å². The standard InChI is InChI=1S/C14H17N3O2/c1-10-4-5-12-11(8-10)15-14(16-6-2-3-7-16)17(12)9-13(18)19/h4-5,8H,2-3,6-7,9H2,1H3,(H,18,19). The lowest BCUT2D eigenvalue weighted by Crippen LogP contribution is -2.23. The van der Waals surface area contributed by atoms with Gasteiger partial charge in [0.2, 0.25) is 5.95 Å². The number of hydrogen-bond donors (Lipinski definition) is 1. The summed E-state index contributed by atoms with van der Waals surface area (Å²) in [5.41, 5.74) is 2.92. The van der Waals surface area contributed by atoms with E-state index < -0.39 is 5.97 Å². The van der Waals surface area contributed by atoms with E-state index in [1.54, 1.807) is 0 Å². The maximum atomic E-state index is 11.1. The molecule has 19 heavy (non-hydrogen) atoms. The number of aryl methyl sites for hydroxylation is 1. The number of imidazole rings is 1. The highest BCUT2D eigenvalue weighted by Gasteiger charge is 2.21. The Hall–Kier alpha value is -2.04. The Kier molecular flexibility index (Phi) is 2.89. The Labute approximate surface area is 111 Å². The summed E-state index contributed by atoms with van der Waals surface area (Å²) in [6, 6.07) is 5.96. The molecular weight excluding hydrogens is 242 g/mol. The second-order valence-corrected chi connectivity index (χ2v) is 5.08. The van der Waals surface area contributed by atoms with E-state index >= 15 is 0 Å². The SMILES string of the molecule is Cc1ccc2c(c1)nc(N1CCCC1)n2CC(=O)O. The zero-order valence-corrected chi connectivity index (χ0v) is 11.0. The summed E-state index contributed by atoms with van der Waals surface area (Å²) in [5.74, 6) is -0.0409. The lowest BCUT2D eigenvalue weighted by Gasteiger charge is -2.17. The van der Waals surface area contributed by atoms with E-state index in [1.807, 2.05) is 29.7 Å². The van der Waals surface area contributed by atoms with Crippen LogP contribution < -0.4 is 4.90 Å². The Balaban J connectivity index is 2.14. The third kappa shape index (κ3) is 2.16. The van der Waals surface area contributed by atoms with Crippen LogP contribution in [-0.4, -0.2) is 33.7 Å². The molecule has 100 valence electrons. The number of nitrogens with zero attached hydrogens (tertiary/aromatic N) is 3. The maximum absolute atomic E-state index is 11.1. The van der Waals surface area contributed by atoms with Crippen LogP contribution in [0.3, 0.4) is 0 Å². The molecule has 0 unspecified atom stereocenters. The minimum absolute atomic E-state index is 0.0363. The number of fused-ring (bicyclic) bond motifs is 1. The second kappa shape index (κ2) is 4.57. The molecule has 1 N–H and O–H groups in total. The number of rotatable bonds is 3. The number of benzene rings is 1. The first-order chi connectivity index (χ1) is 9.15. The summed E-state index contributed by atoms with van der Waals surface area (Å²) >= 11 is 0. The highest BCUT2D eigenvalue weighted by Crippen LogP contribution is 2.26. The number of hydrogen-bond acceptors (Lipinski definition) is 3. The van der Waals surface area contributed by atoms with Crippen molar-refractivity contribution in [2.24, 2.45) is 0 Å². The van der Waals surface area contributed by atoms with Crippen LogP contribution in [0.25, 0.3) is 11.0 Å². The van der Waals surface area contributed by atoms with Crippen molar-refractivity contribution in [2.75, 3.05) is 18.0 Å². The summed E-state index contributed by atoms with van der Waals surface area (Å²) < 4.78 is 1.81. The van der Waals surface area contributed by atoms with Crippen molar-refractivity contribution in [2.45, 2.75) is 26.3 Å². The molecule has 1 aromatic carbocycles. The third-order valence-corrected chi connectivity index (χ3v) is 3.57. The van der Waals surface area contributed by atoms with Crippen LogP contribution >= 0.6 is 0 Å². The number of aromatic nitrogens is 2. The van der Waals surface area contributed by atoms with Crippen LogP contribution in [0.1, 0.15) is 18.4 Å². The summed E-state index contributed by atoms with van der Waals surface area (Å²) in [6.07, 6.45) is 2.30. The molecule has 0 radical (unpaired) electrons. The molecule has 0 bridgehead atoms. The normalized spacial score (nSPS) is 15.3. The average Bonchev–Trinajstić information content (AvgIpc) is 2.96. The number of carboxylic acid groups (broad SMARTS) is 1. The van der Waals surface area contributed by atoms with Crippen LogP contribution in [0, 0.1) is 6.92 Å². The fourth-order valence-electron chi connectivity index (χ4n) is 2.68. The van der Waals surface area contributed by atoms with E-state index in [-0.39, 0.29) is 6.54 Å². The highest BCUT2D eigenvalue weighted by atomic mass is 16.4. The van der Waals surface area contributed by atoms with Crippen LogP contribution in [-0.2, 0) is 11.3 Å². The fraction of sp³-hybridized carbons (Fsp3) is 0.429. The molecule has 5 heteroatoms. The molecule has 0 atom stereocenters. The minimum atomic E-state index is -0.833. The predicted molar refractivity (Wildman–Crippen MR) is 73.6 cm³/mol. The molecule has 1 aliphatic rings. The van der Waals surface area contributed by atoms with Crippen molar-refractivity contribution < 1.29 is 9.90 Å². The maximum Gasteiger partial charge on any atom is 0.323 e. The topological polar surface area (TPSA) is 58.4 Å². The lowest BCUT2D eigenvalue weighted by atomic mass is 10.2. The van der Waals surface area contributed by atoms with E-state index in [2.05, 4.69) is 9.88 Å². The summed E-state index contributed by atoms with van der Waals surface area (Å²) in [5, 5.41) is 9.10. The van der Waals surface area contributed by atoms with Crippen LogP contribution in [0.4, 0.5) is 5.95 Å². The zero-order chi connectivity index (χ0) is 13.4. The fourth-order valence-corrected chi connectivity index (χ4v) is 2.68. The van der Waals surface area contributed by atoms with Gasteiger partial charge in [0.1, 0.15) is 6.54 Å². The van der Waals surface area contributed by atoms with Gasteiger partial charge in [0.05, 0.1) is 11.0 Å². The van der Waals surface area contributed by atoms with Crippen LogP contribution in [0.15, 0.2) is 18.2 Å². The van der Waals surface area contributed by atoms with E-state index in [1.165, 1.54) is 0 Å². The molecule has 0 spiro atoms. The molecule has 2 heterocycles. The van der Waals surface area contributed by atoms with Crippen molar-refractivity contribution >= 4 is 23.0 Å². The monoisotopic (exact) mass is 259 g/mol. The van der Waals surface area contributed by atoms with Crippen molar-refractivity contribution in [3.05, 3.63) is 23.8 Å². The lowest BCUT2D eigenvalue weighted by molar-refractivity contribution is -0.137. The quantitative estimate of drug-likeness (QED) is 0.916. The van der Waals surface area contributed by atoms with Gasteiger partial charge in [-0.25, -0.2) is 4.98 Å². The average molecular weight is 259 g/mol. The van der Waals surface area contributed by atoms with E-state index in [4.69, 9.17) is 5.11 Å². The van der Waals surface area contributed by atoms with E-state index in [0.29, 0.717) is 0 Å². The first-order valence-electron chi connectivity index (χ1n) is 6.59. The van der Waals surface area contributed by atoms with Gasteiger partial charge in [0, 0.05) is 13.1 Å². The Morgan fingerprint density at radius 1 is 1.37 bits per heavy atom. The van der Waals surface area contributed by atoms with Gasteiger partial charge >= 0.3 is 5.97 Å². The second-order valence-electron chi connectivity index (χ2n) is 5.08. The van der Waals surface area contributed by atoms with Gasteiger partial charge in [-0.3, -0.25) is 9.36 Å². The third-order valence-electron chi connectivity index (χ3n) is 3.57. The van der Waals surface area contributed by atoms with Gasteiger partial charge < -0.3 is 10.0 Å². The number of aliphatic carboxylic acids is 1. The molecule has 1 aliphatic heterocycles. The minimum Gasteiger partial charge on any atom is -0.480 e. The molecule has 0 saturated carbocycles. The van der Waals surface area contributed by atoms with Crippen molar-refractivity contribution in [1.82, 2.24) is 9.55 Å². The van der Waals surface area contributed by atoms with E-state index in [0.717, 1.165) is 48.5 Å². The molecule has 5 nitrogen and oxygen atoms in total. The van der Waals surface area contributed by atoms with Crippen molar-refractivity contribution in [3.63, 3.8) is 0 Å². The van der Waals surface area contributed by atoms with Crippen molar-refractivity contribution in [3.8, 4) is 0 Å². The Morgan fingerprint density at radius 3 is 2.79 bits per heavy atom. The molecule has 2 aromatic rings. The number of carbonyl (C=O) groups is 1. The molecule has 0 amide bonds. The van der Waals surface area contributed by atoms with Gasteiger partial charge in [0.15, 0.2) is 0 Å². The summed E-state index contributed by atoms with van der Waals surface area (Å²) in [6.45, 7) is 3.90. The van der Waals surface area contributed by atoms with Crippen LogP contribution in [0.2, 0.25) is 0 Å². The van der Waals surface area contributed by atoms with Crippen LogP contribution in [0.5, 0.6) is 0 Å². The number of carboxylic acids is 1. The zero-order valence-electron chi connectivity index (χ0n) is 11.0. The molecule has 1 saturated heterocycles. The Bertz CT molecular complexity index is 627. The van der Waals surface area contributed by atoms with Gasteiger partial charge in [-0.15, -0.1) is 0 Å². The molecular formula is C14H17N3O2. The van der Waals surface area contributed by atoms with Gasteiger partial charge in [-0.05, 0) is 37.5 Å². The van der Waals surface area contributed by atoms with Gasteiger partial charge in [0.25, 0.3) is 0 Å². The summed E-state index contributed by atoms with van der Waals surface area (Å²) in [7, 11) is 0. The molecule has 1 aromatic heterocycles. The molecule has 1 fully saturated rings.